The number of hydrogen-bond donors (Lipinski definition) is 0. The zero-order chi connectivity index (χ0) is 17.5. The van der Waals surface area contributed by atoms with E-state index >= 15 is 0 Å². The molecule has 2 nitrogen and oxygen atoms in total. The van der Waals surface area contributed by atoms with Gasteiger partial charge in [0.15, 0.2) is 0 Å². The number of benzene rings is 1. The first-order chi connectivity index (χ1) is 11.8. The molecule has 0 aliphatic rings. The Morgan fingerprint density at radius 1 is 0.750 bits per heavy atom. The molecule has 0 N–H and O–H groups in total. The lowest BCUT2D eigenvalue weighted by atomic mass is 10.1. The molecule has 0 aromatic heterocycles. The second-order valence-corrected chi connectivity index (χ2v) is 6.75. The summed E-state index contributed by atoms with van der Waals surface area (Å²) in [5, 5.41) is 0. The van der Waals surface area contributed by atoms with Crippen molar-refractivity contribution in [2.45, 2.75) is 90.9 Å². The van der Waals surface area contributed by atoms with Crippen LogP contribution in [0.2, 0.25) is 0 Å². The lowest BCUT2D eigenvalue weighted by Gasteiger charge is -2.06. The largest absolute Gasteiger partial charge is 0.465 e. The third-order valence-electron chi connectivity index (χ3n) is 4.54. The van der Waals surface area contributed by atoms with E-state index in [0.717, 1.165) is 18.4 Å². The second-order valence-electron chi connectivity index (χ2n) is 6.75. The van der Waals surface area contributed by atoms with Crippen molar-refractivity contribution in [3.8, 4) is 0 Å². The summed E-state index contributed by atoms with van der Waals surface area (Å²) in [5.74, 6) is -0.102. The van der Waals surface area contributed by atoms with Crippen molar-refractivity contribution in [1.82, 2.24) is 0 Å². The van der Waals surface area contributed by atoms with Crippen LogP contribution in [0.25, 0.3) is 0 Å². The third-order valence-corrected chi connectivity index (χ3v) is 4.54. The number of unbranched alkanes of at least 4 members (excludes halogenated alkanes) is 9. The fourth-order valence-corrected chi connectivity index (χ4v) is 2.89. The summed E-state index contributed by atoms with van der Waals surface area (Å²) in [6.07, 6.45) is 14.4. The Labute approximate surface area is 149 Å². The zero-order valence-corrected chi connectivity index (χ0v) is 15.8. The first-order valence-electron chi connectivity index (χ1n) is 9.99. The molecule has 0 heterocycles. The molecule has 0 aliphatic carbocycles. The van der Waals surface area contributed by atoms with E-state index in [1.54, 1.807) is 0 Å². The normalized spacial score (nSPS) is 10.8. The van der Waals surface area contributed by atoms with Gasteiger partial charge in [-0.1, -0.05) is 95.9 Å². The standard InChI is InChI=1S/C22H36O2/c1-3-5-6-7-8-9-10-11-12-13-18-24-22(23)19-21-16-14-20(4-2)15-17-21/h14-17H,3-13,18-19H2,1-2H3. The van der Waals surface area contributed by atoms with Gasteiger partial charge in [0, 0.05) is 0 Å². The van der Waals surface area contributed by atoms with Gasteiger partial charge in [0.25, 0.3) is 0 Å². The van der Waals surface area contributed by atoms with Gasteiger partial charge < -0.3 is 4.74 Å². The van der Waals surface area contributed by atoms with E-state index in [4.69, 9.17) is 4.74 Å². The highest BCUT2D eigenvalue weighted by Gasteiger charge is 2.04. The van der Waals surface area contributed by atoms with Gasteiger partial charge in [0.1, 0.15) is 0 Å². The van der Waals surface area contributed by atoms with Crippen LogP contribution in [0.3, 0.4) is 0 Å². The number of esters is 1. The molecule has 0 saturated carbocycles. The maximum absolute atomic E-state index is 11.8. The topological polar surface area (TPSA) is 26.3 Å². The van der Waals surface area contributed by atoms with Gasteiger partial charge in [-0.05, 0) is 24.0 Å². The third kappa shape index (κ3) is 10.5. The maximum atomic E-state index is 11.8. The fourth-order valence-electron chi connectivity index (χ4n) is 2.89. The van der Waals surface area contributed by atoms with E-state index in [1.165, 1.54) is 63.4 Å². The van der Waals surface area contributed by atoms with Gasteiger partial charge in [-0.3, -0.25) is 4.79 Å². The van der Waals surface area contributed by atoms with E-state index in [2.05, 4.69) is 26.0 Å². The molecule has 2 heteroatoms. The molecule has 1 rings (SSSR count). The van der Waals surface area contributed by atoms with E-state index in [-0.39, 0.29) is 5.97 Å². The summed E-state index contributed by atoms with van der Waals surface area (Å²) in [5.41, 5.74) is 2.35. The van der Waals surface area contributed by atoms with Crippen molar-refractivity contribution in [2.24, 2.45) is 0 Å². The zero-order valence-electron chi connectivity index (χ0n) is 15.8. The molecule has 1 aromatic carbocycles. The number of carbonyl (C=O) groups is 1. The minimum absolute atomic E-state index is 0.102. The average molecular weight is 333 g/mol. The minimum Gasteiger partial charge on any atom is -0.465 e. The summed E-state index contributed by atoms with van der Waals surface area (Å²) >= 11 is 0. The van der Waals surface area contributed by atoms with Crippen LogP contribution in [0.4, 0.5) is 0 Å². The van der Waals surface area contributed by atoms with Crippen LogP contribution in [0, 0.1) is 0 Å². The van der Waals surface area contributed by atoms with Crippen LogP contribution in [-0.4, -0.2) is 12.6 Å². The van der Waals surface area contributed by atoms with Crippen molar-refractivity contribution in [1.29, 1.82) is 0 Å². The Morgan fingerprint density at radius 3 is 1.79 bits per heavy atom. The molecule has 0 spiro atoms. The van der Waals surface area contributed by atoms with Gasteiger partial charge in [0.2, 0.25) is 0 Å². The molecule has 0 saturated heterocycles. The Kier molecular flexibility index (Phi) is 12.2. The summed E-state index contributed by atoms with van der Waals surface area (Å²) in [4.78, 5) is 11.8. The lowest BCUT2D eigenvalue weighted by Crippen LogP contribution is -2.09. The van der Waals surface area contributed by atoms with Crippen LogP contribution in [0.1, 0.15) is 89.2 Å². The minimum atomic E-state index is -0.102. The molecule has 0 fully saturated rings. The average Bonchev–Trinajstić information content (AvgIpc) is 2.60. The van der Waals surface area contributed by atoms with Gasteiger partial charge in [-0.2, -0.15) is 0 Å². The molecular formula is C22H36O2. The van der Waals surface area contributed by atoms with Crippen molar-refractivity contribution in [3.05, 3.63) is 35.4 Å². The molecule has 0 aliphatic heterocycles. The molecular weight excluding hydrogens is 296 g/mol. The Hall–Kier alpha value is -1.31. The SMILES string of the molecule is CCCCCCCCCCCCOC(=O)Cc1ccc(CC)cc1. The molecule has 1 aromatic rings. The second kappa shape index (κ2) is 14.1. The molecule has 24 heavy (non-hydrogen) atoms. The number of carbonyl (C=O) groups excluding carboxylic acids is 1. The quantitative estimate of drug-likeness (QED) is 0.297. The Morgan fingerprint density at radius 2 is 1.25 bits per heavy atom. The summed E-state index contributed by atoms with van der Waals surface area (Å²) in [7, 11) is 0. The van der Waals surface area contributed by atoms with Gasteiger partial charge in [0.05, 0.1) is 13.0 Å². The van der Waals surface area contributed by atoms with Crippen molar-refractivity contribution >= 4 is 5.97 Å². The maximum Gasteiger partial charge on any atom is 0.310 e. The Balaban J connectivity index is 1.94. The predicted octanol–water partition coefficient (Wildman–Crippen LogP) is 6.26. The van der Waals surface area contributed by atoms with Crippen molar-refractivity contribution in [3.63, 3.8) is 0 Å². The summed E-state index contributed by atoms with van der Waals surface area (Å²) in [6.45, 7) is 4.97. The highest BCUT2D eigenvalue weighted by molar-refractivity contribution is 5.72. The van der Waals surface area contributed by atoms with Gasteiger partial charge in [-0.15, -0.1) is 0 Å². The lowest BCUT2D eigenvalue weighted by molar-refractivity contribution is -0.142. The highest BCUT2D eigenvalue weighted by atomic mass is 16.5. The van der Waals surface area contributed by atoms with Crippen LogP contribution in [0.5, 0.6) is 0 Å². The highest BCUT2D eigenvalue weighted by Crippen LogP contribution is 2.11. The van der Waals surface area contributed by atoms with Crippen LogP contribution in [0.15, 0.2) is 24.3 Å². The first kappa shape index (κ1) is 20.7. The van der Waals surface area contributed by atoms with Gasteiger partial charge >= 0.3 is 5.97 Å². The Bertz CT molecular complexity index is 422. The van der Waals surface area contributed by atoms with E-state index in [9.17, 15) is 4.79 Å². The fraction of sp³-hybridized carbons (Fsp3) is 0.682. The van der Waals surface area contributed by atoms with Gasteiger partial charge in [-0.25, -0.2) is 0 Å². The monoisotopic (exact) mass is 332 g/mol. The summed E-state index contributed by atoms with van der Waals surface area (Å²) < 4.78 is 5.34. The van der Waals surface area contributed by atoms with Crippen LogP contribution < -0.4 is 0 Å². The number of aryl methyl sites for hydroxylation is 1. The van der Waals surface area contributed by atoms with Crippen LogP contribution >= 0.6 is 0 Å². The van der Waals surface area contributed by atoms with Crippen molar-refractivity contribution < 1.29 is 9.53 Å². The van der Waals surface area contributed by atoms with E-state index in [0.29, 0.717) is 13.0 Å². The molecule has 0 radical (unpaired) electrons. The van der Waals surface area contributed by atoms with E-state index < -0.39 is 0 Å². The molecule has 0 amide bonds. The first-order valence-corrected chi connectivity index (χ1v) is 9.99. The van der Waals surface area contributed by atoms with E-state index in [1.807, 2.05) is 12.1 Å². The predicted molar refractivity (Wildman–Crippen MR) is 102 cm³/mol. The van der Waals surface area contributed by atoms with Crippen molar-refractivity contribution in [2.75, 3.05) is 6.61 Å². The number of ether oxygens (including phenoxy) is 1. The molecule has 0 unspecified atom stereocenters. The molecule has 0 bridgehead atoms. The number of hydrogen-bond acceptors (Lipinski definition) is 2. The summed E-state index contributed by atoms with van der Waals surface area (Å²) in [6, 6.07) is 8.23. The smallest absolute Gasteiger partial charge is 0.310 e. The molecule has 0 atom stereocenters. The number of rotatable bonds is 14. The van der Waals surface area contributed by atoms with Crippen LogP contribution in [-0.2, 0) is 22.4 Å². The molecule has 136 valence electrons.